The molecule has 5 heteroatoms. The van der Waals surface area contributed by atoms with Crippen LogP contribution in [0, 0.1) is 0 Å². The normalized spacial score (nSPS) is 10.9. The third-order valence-corrected chi connectivity index (χ3v) is 2.51. The molecule has 0 saturated carbocycles. The van der Waals surface area contributed by atoms with Crippen molar-refractivity contribution in [2.45, 2.75) is 19.8 Å². The van der Waals surface area contributed by atoms with Gasteiger partial charge in [-0.3, -0.25) is 14.4 Å². The number of carbonyl (C=O) groups is 1. The van der Waals surface area contributed by atoms with E-state index in [0.717, 1.165) is 31.6 Å². The largest absolute Gasteiger partial charge is 0.480 e. The average molecular weight is 225 g/mol. The second kappa shape index (κ2) is 6.27. The van der Waals surface area contributed by atoms with Gasteiger partial charge in [0, 0.05) is 31.9 Å². The molecule has 1 rings (SSSR count). The van der Waals surface area contributed by atoms with Crippen LogP contribution in [0.1, 0.15) is 19.0 Å². The topological polar surface area (TPSA) is 58.4 Å². The van der Waals surface area contributed by atoms with Crippen LogP contribution in [0.3, 0.4) is 0 Å². The molecule has 0 saturated heterocycles. The first-order chi connectivity index (χ1) is 7.63. The highest BCUT2D eigenvalue weighted by atomic mass is 16.4. The number of aliphatic carboxylic acids is 1. The molecule has 0 fully saturated rings. The van der Waals surface area contributed by atoms with E-state index in [9.17, 15) is 4.79 Å². The first-order valence-electron chi connectivity index (χ1n) is 5.54. The van der Waals surface area contributed by atoms with Gasteiger partial charge < -0.3 is 5.11 Å². The van der Waals surface area contributed by atoms with Crippen molar-refractivity contribution >= 4 is 5.97 Å². The lowest BCUT2D eigenvalue weighted by molar-refractivity contribution is -0.138. The summed E-state index contributed by atoms with van der Waals surface area (Å²) in [6.07, 6.45) is 3.57. The van der Waals surface area contributed by atoms with Gasteiger partial charge in [0.05, 0.1) is 6.54 Å². The maximum atomic E-state index is 10.7. The molecule has 0 unspecified atom stereocenters. The highest BCUT2D eigenvalue weighted by Gasteiger charge is 2.09. The number of aromatic nitrogens is 2. The first kappa shape index (κ1) is 12.7. The molecule has 1 aromatic rings. The zero-order valence-corrected chi connectivity index (χ0v) is 9.89. The minimum absolute atomic E-state index is 0.117. The molecule has 1 N–H and O–H groups in total. The van der Waals surface area contributed by atoms with Gasteiger partial charge >= 0.3 is 5.97 Å². The standard InChI is InChI=1S/C11H19N3O2/c1-3-7-14(9-11(15)16)8-5-10-4-6-12-13(10)2/h4,6H,3,5,7-9H2,1-2H3,(H,15,16). The van der Waals surface area contributed by atoms with Gasteiger partial charge in [0.1, 0.15) is 0 Å². The number of aryl methyl sites for hydroxylation is 1. The second-order valence-corrected chi connectivity index (χ2v) is 3.87. The molecule has 1 aromatic heterocycles. The summed E-state index contributed by atoms with van der Waals surface area (Å²) in [6, 6.07) is 1.96. The number of nitrogens with zero attached hydrogens (tertiary/aromatic N) is 3. The number of carboxylic acids is 1. The number of carboxylic acid groups (broad SMARTS) is 1. The van der Waals surface area contributed by atoms with Crippen LogP contribution in [0.4, 0.5) is 0 Å². The Balaban J connectivity index is 2.43. The van der Waals surface area contributed by atoms with E-state index in [1.54, 1.807) is 6.20 Å². The SMILES string of the molecule is CCCN(CCc1ccnn1C)CC(=O)O. The Labute approximate surface area is 95.7 Å². The van der Waals surface area contributed by atoms with E-state index in [0.29, 0.717) is 0 Å². The monoisotopic (exact) mass is 225 g/mol. The Morgan fingerprint density at radius 1 is 1.56 bits per heavy atom. The molecule has 0 aromatic carbocycles. The average Bonchev–Trinajstić information content (AvgIpc) is 2.60. The maximum absolute atomic E-state index is 10.7. The smallest absolute Gasteiger partial charge is 0.317 e. The van der Waals surface area contributed by atoms with Gasteiger partial charge in [0.25, 0.3) is 0 Å². The number of rotatable bonds is 7. The van der Waals surface area contributed by atoms with Gasteiger partial charge in [-0.05, 0) is 19.0 Å². The zero-order chi connectivity index (χ0) is 12.0. The lowest BCUT2D eigenvalue weighted by Gasteiger charge is -2.19. The van der Waals surface area contributed by atoms with Crippen LogP contribution in [-0.4, -0.2) is 45.4 Å². The van der Waals surface area contributed by atoms with E-state index in [1.807, 2.05) is 22.7 Å². The summed E-state index contributed by atoms with van der Waals surface area (Å²) in [6.45, 7) is 3.76. The van der Waals surface area contributed by atoms with Gasteiger partial charge in [-0.1, -0.05) is 6.92 Å². The minimum Gasteiger partial charge on any atom is -0.480 e. The Bertz CT molecular complexity index is 336. The predicted octanol–water partition coefficient (Wildman–Crippen LogP) is 0.759. The van der Waals surface area contributed by atoms with Crippen molar-refractivity contribution in [1.82, 2.24) is 14.7 Å². The van der Waals surface area contributed by atoms with Gasteiger partial charge in [0.15, 0.2) is 0 Å². The molecular weight excluding hydrogens is 206 g/mol. The first-order valence-corrected chi connectivity index (χ1v) is 5.54. The zero-order valence-electron chi connectivity index (χ0n) is 9.89. The fourth-order valence-electron chi connectivity index (χ4n) is 1.70. The summed E-state index contributed by atoms with van der Waals surface area (Å²) in [5.74, 6) is -0.765. The Hall–Kier alpha value is -1.36. The van der Waals surface area contributed by atoms with E-state index in [2.05, 4.69) is 12.0 Å². The minimum atomic E-state index is -0.765. The summed E-state index contributed by atoms with van der Waals surface area (Å²) >= 11 is 0. The summed E-state index contributed by atoms with van der Waals surface area (Å²) in [4.78, 5) is 12.6. The van der Waals surface area contributed by atoms with Crippen LogP contribution in [0.15, 0.2) is 12.3 Å². The lowest BCUT2D eigenvalue weighted by Crippen LogP contribution is -2.32. The molecule has 0 aliphatic heterocycles. The fraction of sp³-hybridized carbons (Fsp3) is 0.636. The molecule has 16 heavy (non-hydrogen) atoms. The molecule has 0 spiro atoms. The summed E-state index contributed by atoms with van der Waals surface area (Å²) in [5.41, 5.74) is 1.13. The van der Waals surface area contributed by atoms with E-state index in [4.69, 9.17) is 5.11 Å². The van der Waals surface area contributed by atoms with E-state index >= 15 is 0 Å². The molecule has 5 nitrogen and oxygen atoms in total. The molecule has 0 aliphatic rings. The van der Waals surface area contributed by atoms with Crippen molar-refractivity contribution in [3.05, 3.63) is 18.0 Å². The van der Waals surface area contributed by atoms with Crippen LogP contribution in [0.25, 0.3) is 0 Å². The maximum Gasteiger partial charge on any atom is 0.317 e. The Morgan fingerprint density at radius 2 is 2.31 bits per heavy atom. The third-order valence-electron chi connectivity index (χ3n) is 2.51. The molecule has 0 aliphatic carbocycles. The summed E-state index contributed by atoms with van der Waals surface area (Å²) < 4.78 is 1.82. The number of hydrogen-bond acceptors (Lipinski definition) is 3. The quantitative estimate of drug-likeness (QED) is 0.744. The van der Waals surface area contributed by atoms with E-state index in [-0.39, 0.29) is 6.54 Å². The molecule has 1 heterocycles. The molecule has 0 atom stereocenters. The van der Waals surface area contributed by atoms with E-state index in [1.165, 1.54) is 0 Å². The van der Waals surface area contributed by atoms with Gasteiger partial charge in [-0.2, -0.15) is 5.10 Å². The molecule has 90 valence electrons. The molecule has 0 radical (unpaired) electrons. The Morgan fingerprint density at radius 3 is 2.81 bits per heavy atom. The van der Waals surface area contributed by atoms with Gasteiger partial charge in [-0.25, -0.2) is 0 Å². The predicted molar refractivity (Wildman–Crippen MR) is 61.3 cm³/mol. The highest BCUT2D eigenvalue weighted by Crippen LogP contribution is 2.00. The highest BCUT2D eigenvalue weighted by molar-refractivity contribution is 5.69. The Kier molecular flexibility index (Phi) is 4.98. The lowest BCUT2D eigenvalue weighted by atomic mass is 10.2. The van der Waals surface area contributed by atoms with Crippen LogP contribution in [0.5, 0.6) is 0 Å². The van der Waals surface area contributed by atoms with Gasteiger partial charge in [0.2, 0.25) is 0 Å². The molecule has 0 amide bonds. The molecule has 0 bridgehead atoms. The summed E-state index contributed by atoms with van der Waals surface area (Å²) in [7, 11) is 1.90. The van der Waals surface area contributed by atoms with Crippen LogP contribution < -0.4 is 0 Å². The number of hydrogen-bond donors (Lipinski definition) is 1. The van der Waals surface area contributed by atoms with Crippen molar-refractivity contribution in [3.8, 4) is 0 Å². The van der Waals surface area contributed by atoms with Crippen molar-refractivity contribution in [3.63, 3.8) is 0 Å². The van der Waals surface area contributed by atoms with Crippen LogP contribution in [-0.2, 0) is 18.3 Å². The van der Waals surface area contributed by atoms with E-state index < -0.39 is 5.97 Å². The van der Waals surface area contributed by atoms with Crippen molar-refractivity contribution in [1.29, 1.82) is 0 Å². The van der Waals surface area contributed by atoms with Crippen LogP contribution in [0.2, 0.25) is 0 Å². The van der Waals surface area contributed by atoms with Crippen LogP contribution >= 0.6 is 0 Å². The van der Waals surface area contributed by atoms with Gasteiger partial charge in [-0.15, -0.1) is 0 Å². The van der Waals surface area contributed by atoms with Crippen molar-refractivity contribution in [2.75, 3.05) is 19.6 Å². The van der Waals surface area contributed by atoms with Crippen molar-refractivity contribution in [2.24, 2.45) is 7.05 Å². The molecular formula is C11H19N3O2. The third kappa shape index (κ3) is 4.02. The second-order valence-electron chi connectivity index (χ2n) is 3.87. The fourth-order valence-corrected chi connectivity index (χ4v) is 1.70. The van der Waals surface area contributed by atoms with Crippen molar-refractivity contribution < 1.29 is 9.90 Å². The summed E-state index contributed by atoms with van der Waals surface area (Å²) in [5, 5.41) is 12.8.